The van der Waals surface area contributed by atoms with Crippen LogP contribution in [0.2, 0.25) is 0 Å². The number of benzene rings is 1. The molecule has 0 bridgehead atoms. The first-order valence-corrected chi connectivity index (χ1v) is 6.82. The third-order valence-corrected chi connectivity index (χ3v) is 3.25. The fourth-order valence-corrected chi connectivity index (χ4v) is 2.32. The summed E-state index contributed by atoms with van der Waals surface area (Å²) in [5, 5.41) is 2.44. The van der Waals surface area contributed by atoms with Gasteiger partial charge in [0.2, 0.25) is 0 Å². The highest BCUT2D eigenvalue weighted by atomic mass is 79.9. The van der Waals surface area contributed by atoms with E-state index in [9.17, 15) is 13.6 Å². The zero-order chi connectivity index (χ0) is 14.9. The van der Waals surface area contributed by atoms with Crippen LogP contribution in [0, 0.1) is 11.6 Å². The van der Waals surface area contributed by atoms with Crippen molar-refractivity contribution in [1.82, 2.24) is 5.32 Å². The van der Waals surface area contributed by atoms with Crippen molar-refractivity contribution in [3.8, 4) is 0 Å². The van der Waals surface area contributed by atoms with E-state index in [1.54, 1.807) is 13.8 Å². The molecule has 1 heterocycles. The van der Waals surface area contributed by atoms with Crippen LogP contribution in [0.4, 0.5) is 8.78 Å². The Labute approximate surface area is 123 Å². The lowest BCUT2D eigenvalue weighted by Gasteiger charge is -2.17. The van der Waals surface area contributed by atoms with E-state index >= 15 is 0 Å². The molecule has 1 aromatic carbocycles. The molecule has 1 aromatic rings. The summed E-state index contributed by atoms with van der Waals surface area (Å²) in [7, 11) is 0. The number of halogens is 3. The zero-order valence-electron chi connectivity index (χ0n) is 11.0. The summed E-state index contributed by atoms with van der Waals surface area (Å²) in [5.41, 5.74) is -0.605. The summed E-state index contributed by atoms with van der Waals surface area (Å²) in [5.74, 6) is -3.36. The topological polar surface area (TPSA) is 47.6 Å². The molecule has 1 N–H and O–H groups in total. The Morgan fingerprint density at radius 1 is 1.45 bits per heavy atom. The first-order chi connectivity index (χ1) is 9.28. The second kappa shape index (κ2) is 5.75. The van der Waals surface area contributed by atoms with Gasteiger partial charge in [0.05, 0.1) is 6.61 Å². The van der Waals surface area contributed by atoms with Crippen molar-refractivity contribution in [2.45, 2.75) is 25.7 Å². The summed E-state index contributed by atoms with van der Waals surface area (Å²) in [6, 6.07) is 2.08. The highest BCUT2D eigenvalue weighted by Crippen LogP contribution is 2.22. The third kappa shape index (κ3) is 3.53. The molecule has 110 valence electrons. The number of rotatable bonds is 3. The fourth-order valence-electron chi connectivity index (χ4n) is 1.92. The van der Waals surface area contributed by atoms with Crippen LogP contribution >= 0.6 is 15.9 Å². The molecule has 0 spiro atoms. The predicted molar refractivity (Wildman–Crippen MR) is 71.3 cm³/mol. The van der Waals surface area contributed by atoms with Crippen LogP contribution in [0.1, 0.15) is 24.2 Å². The molecule has 1 aliphatic rings. The quantitative estimate of drug-likeness (QED) is 0.912. The third-order valence-electron chi connectivity index (χ3n) is 2.79. The molecule has 1 fully saturated rings. The van der Waals surface area contributed by atoms with Crippen LogP contribution in [0.5, 0.6) is 0 Å². The molecule has 1 saturated heterocycles. The molecule has 1 amide bonds. The summed E-state index contributed by atoms with van der Waals surface area (Å²) >= 11 is 2.95. The molecule has 2 rings (SSSR count). The van der Waals surface area contributed by atoms with E-state index in [1.165, 1.54) is 0 Å². The van der Waals surface area contributed by atoms with Crippen LogP contribution in [0.3, 0.4) is 0 Å². The lowest BCUT2D eigenvalue weighted by molar-refractivity contribution is -0.137. The van der Waals surface area contributed by atoms with Crippen LogP contribution in [0.15, 0.2) is 16.6 Å². The minimum Gasteiger partial charge on any atom is -0.349 e. The second-order valence-corrected chi connectivity index (χ2v) is 5.82. The molecule has 0 aliphatic carbocycles. The van der Waals surface area contributed by atoms with Gasteiger partial charge >= 0.3 is 0 Å². The van der Waals surface area contributed by atoms with Crippen LogP contribution in [0.25, 0.3) is 0 Å². The molecule has 0 saturated carbocycles. The van der Waals surface area contributed by atoms with Crippen molar-refractivity contribution in [2.75, 3.05) is 13.2 Å². The number of ether oxygens (including phenoxy) is 2. The lowest BCUT2D eigenvalue weighted by Crippen LogP contribution is -2.35. The molecule has 1 atom stereocenters. The molecule has 0 radical (unpaired) electrons. The average Bonchev–Trinajstić information content (AvgIpc) is 2.65. The first kappa shape index (κ1) is 15.3. The van der Waals surface area contributed by atoms with E-state index in [0.29, 0.717) is 6.61 Å². The van der Waals surface area contributed by atoms with Crippen molar-refractivity contribution in [1.29, 1.82) is 0 Å². The highest BCUT2D eigenvalue weighted by molar-refractivity contribution is 9.10. The van der Waals surface area contributed by atoms with Crippen molar-refractivity contribution in [3.63, 3.8) is 0 Å². The maximum Gasteiger partial charge on any atom is 0.257 e. The first-order valence-electron chi connectivity index (χ1n) is 6.03. The predicted octanol–water partition coefficient (Wildman–Crippen LogP) is 2.61. The number of hydrogen-bond acceptors (Lipinski definition) is 3. The summed E-state index contributed by atoms with van der Waals surface area (Å²) in [6.07, 6.45) is -0.337. The van der Waals surface area contributed by atoms with Gasteiger partial charge in [-0.2, -0.15) is 0 Å². The SMILES string of the molecule is CC1(C)OCC(CNC(=O)c2c(F)cc(Br)cc2F)O1. The normalized spacial score (nSPS) is 20.9. The van der Waals surface area contributed by atoms with Gasteiger partial charge in [-0.25, -0.2) is 8.78 Å². The summed E-state index contributed by atoms with van der Waals surface area (Å²) in [4.78, 5) is 11.8. The van der Waals surface area contributed by atoms with E-state index < -0.39 is 28.9 Å². The largest absolute Gasteiger partial charge is 0.349 e. The molecular weight excluding hydrogens is 336 g/mol. The number of carbonyl (C=O) groups is 1. The molecule has 20 heavy (non-hydrogen) atoms. The monoisotopic (exact) mass is 349 g/mol. The van der Waals surface area contributed by atoms with Crippen molar-refractivity contribution < 1.29 is 23.0 Å². The summed E-state index contributed by atoms with van der Waals surface area (Å²) in [6.45, 7) is 3.95. The van der Waals surface area contributed by atoms with E-state index in [2.05, 4.69) is 21.2 Å². The minimum atomic E-state index is -0.918. The Morgan fingerprint density at radius 3 is 2.55 bits per heavy atom. The van der Waals surface area contributed by atoms with Crippen molar-refractivity contribution in [2.24, 2.45) is 0 Å². The van der Waals surface area contributed by atoms with Gasteiger partial charge < -0.3 is 14.8 Å². The van der Waals surface area contributed by atoms with E-state index in [-0.39, 0.29) is 17.1 Å². The number of nitrogens with one attached hydrogen (secondary N) is 1. The van der Waals surface area contributed by atoms with Gasteiger partial charge in [-0.3, -0.25) is 4.79 Å². The van der Waals surface area contributed by atoms with Crippen molar-refractivity contribution >= 4 is 21.8 Å². The lowest BCUT2D eigenvalue weighted by atomic mass is 10.2. The van der Waals surface area contributed by atoms with Crippen LogP contribution in [-0.4, -0.2) is 30.9 Å². The Bertz CT molecular complexity index is 513. The van der Waals surface area contributed by atoms with Gasteiger partial charge in [-0.1, -0.05) is 15.9 Å². The molecular formula is C13H14BrF2NO3. The van der Waals surface area contributed by atoms with Crippen LogP contribution < -0.4 is 5.32 Å². The number of amides is 1. The smallest absolute Gasteiger partial charge is 0.257 e. The van der Waals surface area contributed by atoms with Gasteiger partial charge in [0.15, 0.2) is 5.79 Å². The Hall–Kier alpha value is -1.05. The Morgan fingerprint density at radius 2 is 2.05 bits per heavy atom. The highest BCUT2D eigenvalue weighted by Gasteiger charge is 2.33. The van der Waals surface area contributed by atoms with Gasteiger partial charge in [0, 0.05) is 11.0 Å². The fraction of sp³-hybridized carbons (Fsp3) is 0.462. The zero-order valence-corrected chi connectivity index (χ0v) is 12.6. The Kier molecular flexibility index (Phi) is 4.41. The van der Waals surface area contributed by atoms with E-state index in [1.807, 2.05) is 0 Å². The van der Waals surface area contributed by atoms with E-state index in [0.717, 1.165) is 12.1 Å². The summed E-state index contributed by atoms with van der Waals surface area (Å²) < 4.78 is 38.2. The van der Waals surface area contributed by atoms with Gasteiger partial charge in [0.25, 0.3) is 5.91 Å². The average molecular weight is 350 g/mol. The Balaban J connectivity index is 2.00. The van der Waals surface area contributed by atoms with E-state index in [4.69, 9.17) is 9.47 Å². The molecule has 1 unspecified atom stereocenters. The second-order valence-electron chi connectivity index (χ2n) is 4.91. The minimum absolute atomic E-state index is 0.122. The van der Waals surface area contributed by atoms with Gasteiger partial charge in [-0.15, -0.1) is 0 Å². The van der Waals surface area contributed by atoms with Gasteiger partial charge in [-0.05, 0) is 26.0 Å². The molecule has 7 heteroatoms. The molecule has 4 nitrogen and oxygen atoms in total. The van der Waals surface area contributed by atoms with Crippen LogP contribution in [-0.2, 0) is 9.47 Å². The standard InChI is InChI=1S/C13H14BrF2NO3/c1-13(2)19-6-8(20-13)5-17-12(18)11-9(15)3-7(14)4-10(11)16/h3-4,8H,5-6H2,1-2H3,(H,17,18). The van der Waals surface area contributed by atoms with Crippen molar-refractivity contribution in [3.05, 3.63) is 33.8 Å². The number of hydrogen-bond donors (Lipinski definition) is 1. The van der Waals surface area contributed by atoms with Gasteiger partial charge in [0.1, 0.15) is 23.3 Å². The maximum absolute atomic E-state index is 13.6. The maximum atomic E-state index is 13.6. The molecule has 0 aromatic heterocycles. The number of carbonyl (C=O) groups excluding carboxylic acids is 1. The molecule has 1 aliphatic heterocycles.